The number of aromatic nitrogens is 1. The molecular weight excluding hydrogens is 254 g/mol. The third-order valence-electron chi connectivity index (χ3n) is 3.42. The third kappa shape index (κ3) is 4.20. The van der Waals surface area contributed by atoms with E-state index in [1.165, 1.54) is 12.8 Å². The fourth-order valence-corrected chi connectivity index (χ4v) is 1.98. The summed E-state index contributed by atoms with van der Waals surface area (Å²) in [6.45, 7) is 3.93. The van der Waals surface area contributed by atoms with E-state index in [2.05, 4.69) is 10.3 Å². The van der Waals surface area contributed by atoms with Crippen molar-refractivity contribution < 1.29 is 9.53 Å². The summed E-state index contributed by atoms with van der Waals surface area (Å²) in [6.07, 6.45) is 2.58. The lowest BCUT2D eigenvalue weighted by Gasteiger charge is -2.18. The van der Waals surface area contributed by atoms with Crippen molar-refractivity contribution in [3.63, 3.8) is 0 Å². The van der Waals surface area contributed by atoms with E-state index >= 15 is 0 Å². The number of ether oxygens (including phenoxy) is 1. The molecule has 1 aromatic rings. The van der Waals surface area contributed by atoms with E-state index in [-0.39, 0.29) is 5.91 Å². The SMILES string of the molecule is CNc1cc(C(=O)N(C)CCOCC2CC2)cc(C)n1. The first-order chi connectivity index (χ1) is 9.60. The van der Waals surface area contributed by atoms with E-state index < -0.39 is 0 Å². The van der Waals surface area contributed by atoms with Gasteiger partial charge in [-0.15, -0.1) is 0 Å². The topological polar surface area (TPSA) is 54.5 Å². The van der Waals surface area contributed by atoms with Crippen molar-refractivity contribution in [2.24, 2.45) is 5.92 Å². The van der Waals surface area contributed by atoms with Crippen LogP contribution in [-0.4, -0.2) is 49.6 Å². The number of carbonyl (C=O) groups excluding carboxylic acids is 1. The highest BCUT2D eigenvalue weighted by Gasteiger charge is 2.21. The van der Waals surface area contributed by atoms with Gasteiger partial charge in [-0.3, -0.25) is 4.79 Å². The number of aryl methyl sites for hydroxylation is 1. The molecule has 0 saturated heterocycles. The van der Waals surface area contributed by atoms with Gasteiger partial charge in [0, 0.05) is 38.5 Å². The number of pyridine rings is 1. The standard InChI is InChI=1S/C15H23N3O2/c1-11-8-13(9-14(16-2)17-11)15(19)18(3)6-7-20-10-12-4-5-12/h8-9,12H,4-7,10H2,1-3H3,(H,16,17). The molecular formula is C15H23N3O2. The number of nitrogens with one attached hydrogen (secondary N) is 1. The van der Waals surface area contributed by atoms with Crippen LogP contribution in [-0.2, 0) is 4.74 Å². The number of hydrogen-bond acceptors (Lipinski definition) is 4. The maximum atomic E-state index is 12.3. The van der Waals surface area contributed by atoms with Crippen molar-refractivity contribution in [1.29, 1.82) is 0 Å². The van der Waals surface area contributed by atoms with Crippen LogP contribution in [0.2, 0.25) is 0 Å². The first kappa shape index (κ1) is 14.8. The van der Waals surface area contributed by atoms with Crippen molar-refractivity contribution in [2.75, 3.05) is 39.2 Å². The molecule has 1 N–H and O–H groups in total. The smallest absolute Gasteiger partial charge is 0.253 e. The molecule has 0 radical (unpaired) electrons. The molecule has 0 aliphatic heterocycles. The highest BCUT2D eigenvalue weighted by atomic mass is 16.5. The summed E-state index contributed by atoms with van der Waals surface area (Å²) in [5.74, 6) is 1.48. The van der Waals surface area contributed by atoms with Gasteiger partial charge in [-0.2, -0.15) is 0 Å². The fraction of sp³-hybridized carbons (Fsp3) is 0.600. The van der Waals surface area contributed by atoms with Crippen molar-refractivity contribution in [3.05, 3.63) is 23.4 Å². The quantitative estimate of drug-likeness (QED) is 0.774. The lowest BCUT2D eigenvalue weighted by molar-refractivity contribution is 0.0681. The largest absolute Gasteiger partial charge is 0.379 e. The van der Waals surface area contributed by atoms with Gasteiger partial charge in [0.1, 0.15) is 5.82 Å². The molecule has 0 aromatic carbocycles. The second-order valence-electron chi connectivity index (χ2n) is 5.38. The first-order valence-electron chi connectivity index (χ1n) is 7.10. The zero-order valence-electron chi connectivity index (χ0n) is 12.5. The molecule has 1 aromatic heterocycles. The Kier molecular flexibility index (Phi) is 4.95. The van der Waals surface area contributed by atoms with Crippen LogP contribution in [0.1, 0.15) is 28.9 Å². The molecule has 5 heteroatoms. The summed E-state index contributed by atoms with van der Waals surface area (Å²) >= 11 is 0. The van der Waals surface area contributed by atoms with Gasteiger partial charge in [-0.25, -0.2) is 4.98 Å². The van der Waals surface area contributed by atoms with Crippen LogP contribution in [0.3, 0.4) is 0 Å². The van der Waals surface area contributed by atoms with Gasteiger partial charge in [0.25, 0.3) is 5.91 Å². The van der Waals surface area contributed by atoms with Crippen LogP contribution >= 0.6 is 0 Å². The number of amides is 1. The lowest BCUT2D eigenvalue weighted by atomic mass is 10.2. The predicted octanol–water partition coefficient (Wildman–Crippen LogP) is 1.93. The monoisotopic (exact) mass is 277 g/mol. The normalized spacial score (nSPS) is 14.2. The maximum absolute atomic E-state index is 12.3. The zero-order chi connectivity index (χ0) is 14.5. The van der Waals surface area contributed by atoms with Gasteiger partial charge >= 0.3 is 0 Å². The zero-order valence-corrected chi connectivity index (χ0v) is 12.5. The molecule has 0 bridgehead atoms. The van der Waals surface area contributed by atoms with Gasteiger partial charge in [-0.05, 0) is 37.8 Å². The second-order valence-corrected chi connectivity index (χ2v) is 5.38. The number of anilines is 1. The van der Waals surface area contributed by atoms with E-state index in [4.69, 9.17) is 4.74 Å². The number of hydrogen-bond donors (Lipinski definition) is 1. The highest BCUT2D eigenvalue weighted by Crippen LogP contribution is 2.28. The number of rotatable bonds is 7. The highest BCUT2D eigenvalue weighted by molar-refractivity contribution is 5.94. The van der Waals surface area contributed by atoms with E-state index in [0.29, 0.717) is 24.5 Å². The molecule has 1 fully saturated rings. The summed E-state index contributed by atoms with van der Waals surface area (Å²) in [5, 5.41) is 2.97. The van der Waals surface area contributed by atoms with Crippen molar-refractivity contribution in [3.8, 4) is 0 Å². The molecule has 0 spiro atoms. The molecule has 1 aliphatic rings. The van der Waals surface area contributed by atoms with Crippen molar-refractivity contribution in [1.82, 2.24) is 9.88 Å². The Bertz CT molecular complexity index is 472. The molecule has 2 rings (SSSR count). The molecule has 110 valence electrons. The third-order valence-corrected chi connectivity index (χ3v) is 3.42. The summed E-state index contributed by atoms with van der Waals surface area (Å²) < 4.78 is 5.56. The van der Waals surface area contributed by atoms with Crippen LogP contribution in [0, 0.1) is 12.8 Å². The Morgan fingerprint density at radius 1 is 1.50 bits per heavy atom. The number of carbonyl (C=O) groups is 1. The predicted molar refractivity (Wildman–Crippen MR) is 79.0 cm³/mol. The summed E-state index contributed by atoms with van der Waals surface area (Å²) in [4.78, 5) is 18.3. The first-order valence-corrected chi connectivity index (χ1v) is 7.10. The average molecular weight is 277 g/mol. The van der Waals surface area contributed by atoms with Crippen LogP contribution in [0.5, 0.6) is 0 Å². The Labute approximate surface area is 120 Å². The van der Waals surface area contributed by atoms with Gasteiger partial charge in [0.2, 0.25) is 0 Å². The lowest BCUT2D eigenvalue weighted by Crippen LogP contribution is -2.30. The number of nitrogens with zero attached hydrogens (tertiary/aromatic N) is 2. The van der Waals surface area contributed by atoms with E-state index in [1.54, 1.807) is 25.1 Å². The Morgan fingerprint density at radius 2 is 2.25 bits per heavy atom. The average Bonchev–Trinajstić information content (AvgIpc) is 3.25. The second kappa shape index (κ2) is 6.70. The molecule has 1 aliphatic carbocycles. The Morgan fingerprint density at radius 3 is 2.90 bits per heavy atom. The van der Waals surface area contributed by atoms with Gasteiger partial charge in [0.05, 0.1) is 6.61 Å². The van der Waals surface area contributed by atoms with Crippen LogP contribution in [0.15, 0.2) is 12.1 Å². The fourth-order valence-electron chi connectivity index (χ4n) is 1.98. The molecule has 1 amide bonds. The molecule has 0 unspecified atom stereocenters. The van der Waals surface area contributed by atoms with E-state index in [0.717, 1.165) is 18.2 Å². The minimum absolute atomic E-state index is 0.00187. The van der Waals surface area contributed by atoms with Gasteiger partial charge in [-0.1, -0.05) is 0 Å². The molecule has 1 heterocycles. The molecule has 0 atom stereocenters. The van der Waals surface area contributed by atoms with Crippen LogP contribution < -0.4 is 5.32 Å². The Balaban J connectivity index is 1.86. The molecule has 1 saturated carbocycles. The Hall–Kier alpha value is -1.62. The van der Waals surface area contributed by atoms with E-state index in [1.807, 2.05) is 13.0 Å². The number of likely N-dealkylation sites (N-methyl/N-ethyl adjacent to an activating group) is 1. The van der Waals surface area contributed by atoms with Crippen LogP contribution in [0.4, 0.5) is 5.82 Å². The molecule has 20 heavy (non-hydrogen) atoms. The summed E-state index contributed by atoms with van der Waals surface area (Å²) in [7, 11) is 3.60. The van der Waals surface area contributed by atoms with Crippen molar-refractivity contribution >= 4 is 11.7 Å². The minimum atomic E-state index is 0.00187. The van der Waals surface area contributed by atoms with Gasteiger partial charge < -0.3 is 15.0 Å². The van der Waals surface area contributed by atoms with Gasteiger partial charge in [0.15, 0.2) is 0 Å². The van der Waals surface area contributed by atoms with Crippen molar-refractivity contribution in [2.45, 2.75) is 19.8 Å². The maximum Gasteiger partial charge on any atom is 0.253 e. The van der Waals surface area contributed by atoms with E-state index in [9.17, 15) is 4.79 Å². The molecule has 5 nitrogen and oxygen atoms in total. The van der Waals surface area contributed by atoms with Crippen LogP contribution in [0.25, 0.3) is 0 Å². The summed E-state index contributed by atoms with van der Waals surface area (Å²) in [5.41, 5.74) is 1.49. The summed E-state index contributed by atoms with van der Waals surface area (Å²) in [6, 6.07) is 3.58. The minimum Gasteiger partial charge on any atom is -0.379 e.